The lowest BCUT2D eigenvalue weighted by molar-refractivity contribution is -0.0489. The molecule has 1 aliphatic heterocycles. The first kappa shape index (κ1) is 18.0. The summed E-state index contributed by atoms with van der Waals surface area (Å²) in [5.74, 6) is 0.0935. The highest BCUT2D eigenvalue weighted by Crippen LogP contribution is 2.32. The highest BCUT2D eigenvalue weighted by molar-refractivity contribution is 5.69. The van der Waals surface area contributed by atoms with Gasteiger partial charge in [-0.15, -0.1) is 6.58 Å². The normalized spacial score (nSPS) is 22.1. The molecule has 0 radical (unpaired) electrons. The molecule has 1 amide bonds. The van der Waals surface area contributed by atoms with Gasteiger partial charge in [0.15, 0.2) is 0 Å². The number of aliphatic hydroxyl groups excluding tert-OH is 1. The van der Waals surface area contributed by atoms with Gasteiger partial charge in [0.05, 0.1) is 19.3 Å². The lowest BCUT2D eigenvalue weighted by Gasteiger charge is -2.33. The van der Waals surface area contributed by atoms with E-state index < -0.39 is 5.72 Å². The quantitative estimate of drug-likeness (QED) is 0.553. The fourth-order valence-electron chi connectivity index (χ4n) is 2.67. The maximum Gasteiger partial charge on any atom is 0.412 e. The number of carbonyl (C=O) groups excluding carboxylic acids is 1. The third kappa shape index (κ3) is 5.00. The van der Waals surface area contributed by atoms with Crippen LogP contribution in [0.5, 0.6) is 0 Å². The van der Waals surface area contributed by atoms with Gasteiger partial charge in [0.1, 0.15) is 5.72 Å². The summed E-state index contributed by atoms with van der Waals surface area (Å²) >= 11 is 0. The van der Waals surface area contributed by atoms with Gasteiger partial charge < -0.3 is 14.6 Å². The predicted octanol–water partition coefficient (Wildman–Crippen LogP) is 2.93. The van der Waals surface area contributed by atoms with Gasteiger partial charge in [0, 0.05) is 6.61 Å². The van der Waals surface area contributed by atoms with Crippen molar-refractivity contribution < 1.29 is 19.4 Å². The van der Waals surface area contributed by atoms with Crippen LogP contribution in [0.1, 0.15) is 46.5 Å². The van der Waals surface area contributed by atoms with Crippen LogP contribution in [0.15, 0.2) is 12.7 Å². The molecule has 1 fully saturated rings. The smallest absolute Gasteiger partial charge is 0.412 e. The maximum absolute atomic E-state index is 12.3. The number of ether oxygens (including phenoxy) is 2. The van der Waals surface area contributed by atoms with Crippen LogP contribution in [0.4, 0.5) is 4.79 Å². The molecule has 122 valence electrons. The fourth-order valence-corrected chi connectivity index (χ4v) is 2.67. The zero-order valence-electron chi connectivity index (χ0n) is 13.5. The third-order valence-corrected chi connectivity index (χ3v) is 3.86. The SMILES string of the molecule is C=CC[C@@H](CO)CC1COC(C)(C)N1C(=O)OCCCC. The number of amides is 1. The minimum Gasteiger partial charge on any atom is -0.449 e. The van der Waals surface area contributed by atoms with Crippen molar-refractivity contribution in [3.05, 3.63) is 12.7 Å². The summed E-state index contributed by atoms with van der Waals surface area (Å²) in [6, 6.07) is -0.0637. The number of allylic oxidation sites excluding steroid dienone is 1. The summed E-state index contributed by atoms with van der Waals surface area (Å²) in [7, 11) is 0. The van der Waals surface area contributed by atoms with E-state index in [9.17, 15) is 9.90 Å². The number of rotatable bonds is 8. The predicted molar refractivity (Wildman–Crippen MR) is 81.9 cm³/mol. The molecule has 1 unspecified atom stereocenters. The summed E-state index contributed by atoms with van der Waals surface area (Å²) in [5, 5.41) is 9.42. The Morgan fingerprint density at radius 1 is 1.62 bits per heavy atom. The van der Waals surface area contributed by atoms with Gasteiger partial charge in [-0.1, -0.05) is 19.4 Å². The van der Waals surface area contributed by atoms with Crippen molar-refractivity contribution in [2.75, 3.05) is 19.8 Å². The molecule has 1 aliphatic rings. The molecule has 2 atom stereocenters. The van der Waals surface area contributed by atoms with Crippen LogP contribution in [-0.2, 0) is 9.47 Å². The largest absolute Gasteiger partial charge is 0.449 e. The summed E-state index contributed by atoms with van der Waals surface area (Å²) in [6.45, 7) is 10.5. The molecule has 0 aliphatic carbocycles. The Morgan fingerprint density at radius 2 is 2.33 bits per heavy atom. The van der Waals surface area contributed by atoms with E-state index in [0.717, 1.165) is 19.3 Å². The summed E-state index contributed by atoms with van der Waals surface area (Å²) < 4.78 is 11.1. The zero-order chi connectivity index (χ0) is 15.9. The lowest BCUT2D eigenvalue weighted by atomic mass is 9.97. The molecule has 0 aromatic heterocycles. The van der Waals surface area contributed by atoms with Gasteiger partial charge in [0.25, 0.3) is 0 Å². The Kier molecular flexibility index (Phi) is 7.18. The monoisotopic (exact) mass is 299 g/mol. The molecule has 0 spiro atoms. The highest BCUT2D eigenvalue weighted by atomic mass is 16.6. The second kappa shape index (κ2) is 8.39. The van der Waals surface area contributed by atoms with Gasteiger partial charge in [0.2, 0.25) is 0 Å². The van der Waals surface area contributed by atoms with E-state index in [0.29, 0.717) is 19.6 Å². The van der Waals surface area contributed by atoms with Gasteiger partial charge in [-0.25, -0.2) is 4.79 Å². The van der Waals surface area contributed by atoms with Crippen LogP contribution < -0.4 is 0 Å². The summed E-state index contributed by atoms with van der Waals surface area (Å²) in [4.78, 5) is 14.0. The minimum absolute atomic E-state index is 0.0637. The van der Waals surface area contributed by atoms with E-state index in [4.69, 9.17) is 9.47 Å². The van der Waals surface area contributed by atoms with E-state index in [1.54, 1.807) is 11.0 Å². The average molecular weight is 299 g/mol. The van der Waals surface area contributed by atoms with Crippen molar-refractivity contribution in [2.45, 2.75) is 58.2 Å². The molecule has 0 bridgehead atoms. The Bertz CT molecular complexity index is 343. The first-order valence-electron chi connectivity index (χ1n) is 7.78. The first-order valence-corrected chi connectivity index (χ1v) is 7.78. The topological polar surface area (TPSA) is 59.0 Å². The van der Waals surface area contributed by atoms with Crippen LogP contribution in [0, 0.1) is 5.92 Å². The molecular formula is C16H29NO4. The number of nitrogens with zero attached hydrogens (tertiary/aromatic N) is 1. The Morgan fingerprint density at radius 3 is 2.90 bits per heavy atom. The van der Waals surface area contributed by atoms with Crippen LogP contribution in [-0.4, -0.2) is 47.7 Å². The van der Waals surface area contributed by atoms with Crippen LogP contribution >= 0.6 is 0 Å². The van der Waals surface area contributed by atoms with E-state index in [-0.39, 0.29) is 24.7 Å². The van der Waals surface area contributed by atoms with Crippen molar-refractivity contribution in [1.29, 1.82) is 0 Å². The lowest BCUT2D eigenvalue weighted by Crippen LogP contribution is -2.48. The molecule has 0 aromatic carbocycles. The van der Waals surface area contributed by atoms with E-state index in [1.807, 2.05) is 13.8 Å². The Balaban J connectivity index is 2.69. The maximum atomic E-state index is 12.3. The minimum atomic E-state index is -0.665. The van der Waals surface area contributed by atoms with Gasteiger partial charge in [-0.05, 0) is 39.0 Å². The molecule has 5 heteroatoms. The van der Waals surface area contributed by atoms with Gasteiger partial charge >= 0.3 is 6.09 Å². The van der Waals surface area contributed by atoms with Crippen molar-refractivity contribution >= 4 is 6.09 Å². The molecule has 21 heavy (non-hydrogen) atoms. The second-order valence-corrected chi connectivity index (χ2v) is 6.06. The van der Waals surface area contributed by atoms with E-state index >= 15 is 0 Å². The van der Waals surface area contributed by atoms with Crippen molar-refractivity contribution in [1.82, 2.24) is 4.90 Å². The summed E-state index contributed by atoms with van der Waals surface area (Å²) in [6.07, 6.45) is 4.74. The number of unbranched alkanes of at least 4 members (excludes halogenated alkanes) is 1. The molecule has 1 N–H and O–H groups in total. The molecular weight excluding hydrogens is 270 g/mol. The number of aliphatic hydroxyl groups is 1. The van der Waals surface area contributed by atoms with Gasteiger partial charge in [-0.2, -0.15) is 0 Å². The highest BCUT2D eigenvalue weighted by Gasteiger charge is 2.45. The molecule has 0 saturated carbocycles. The molecule has 1 saturated heterocycles. The third-order valence-electron chi connectivity index (χ3n) is 3.86. The van der Waals surface area contributed by atoms with Crippen molar-refractivity contribution in [2.24, 2.45) is 5.92 Å². The van der Waals surface area contributed by atoms with E-state index in [1.165, 1.54) is 0 Å². The second-order valence-electron chi connectivity index (χ2n) is 6.06. The fraction of sp³-hybridized carbons (Fsp3) is 0.812. The molecule has 0 aromatic rings. The Hall–Kier alpha value is -1.07. The van der Waals surface area contributed by atoms with Crippen molar-refractivity contribution in [3.8, 4) is 0 Å². The number of hydrogen-bond donors (Lipinski definition) is 1. The molecule has 5 nitrogen and oxygen atoms in total. The van der Waals surface area contributed by atoms with Crippen LogP contribution in [0.3, 0.4) is 0 Å². The van der Waals surface area contributed by atoms with Crippen LogP contribution in [0.25, 0.3) is 0 Å². The van der Waals surface area contributed by atoms with Gasteiger partial charge in [-0.3, -0.25) is 4.90 Å². The molecule has 1 rings (SSSR count). The average Bonchev–Trinajstić information content (AvgIpc) is 2.73. The molecule has 1 heterocycles. The Labute approximate surface area is 127 Å². The number of carbonyl (C=O) groups is 1. The van der Waals surface area contributed by atoms with E-state index in [2.05, 4.69) is 13.5 Å². The standard InChI is InChI=1S/C16H29NO4/c1-5-7-9-20-15(19)17-14(12-21-16(17,3)4)10-13(11-18)8-6-2/h6,13-14,18H,2,5,7-12H2,1,3-4H3/t13-,14?/m1/s1. The zero-order valence-corrected chi connectivity index (χ0v) is 13.5. The van der Waals surface area contributed by atoms with Crippen LogP contribution in [0.2, 0.25) is 0 Å². The number of hydrogen-bond acceptors (Lipinski definition) is 4. The summed E-state index contributed by atoms with van der Waals surface area (Å²) in [5.41, 5.74) is -0.665. The first-order chi connectivity index (χ1) is 9.96. The van der Waals surface area contributed by atoms with Crippen molar-refractivity contribution in [3.63, 3.8) is 0 Å².